The van der Waals surface area contributed by atoms with Crippen LogP contribution in [0.4, 0.5) is 0 Å². The van der Waals surface area contributed by atoms with Crippen molar-refractivity contribution < 1.29 is 4.79 Å². The van der Waals surface area contributed by atoms with Crippen molar-refractivity contribution in [2.75, 3.05) is 13.1 Å². The van der Waals surface area contributed by atoms with Gasteiger partial charge in [0.2, 0.25) is 5.91 Å². The number of hydrogen-bond donors (Lipinski definition) is 0. The predicted molar refractivity (Wildman–Crippen MR) is 101 cm³/mol. The summed E-state index contributed by atoms with van der Waals surface area (Å²) in [7, 11) is 0. The molecule has 0 aliphatic carbocycles. The molecule has 142 valence electrons. The Kier molecular flexibility index (Phi) is 5.28. The summed E-state index contributed by atoms with van der Waals surface area (Å²) >= 11 is 1.53. The first-order valence-corrected chi connectivity index (χ1v) is 10.2. The zero-order valence-electron chi connectivity index (χ0n) is 15.4. The highest BCUT2D eigenvalue weighted by Crippen LogP contribution is 2.27. The predicted octanol–water partition coefficient (Wildman–Crippen LogP) is 1.95. The van der Waals surface area contributed by atoms with Gasteiger partial charge in [0.15, 0.2) is 5.82 Å². The molecule has 3 aromatic rings. The Hall–Kier alpha value is -2.55. The van der Waals surface area contributed by atoms with Crippen molar-refractivity contribution in [1.82, 2.24) is 34.4 Å². The molecular formula is C18H23N7OS. The summed E-state index contributed by atoms with van der Waals surface area (Å²) in [5.74, 6) is 2.47. The highest BCUT2D eigenvalue weighted by Gasteiger charge is 2.28. The minimum Gasteiger partial charge on any atom is -0.342 e. The van der Waals surface area contributed by atoms with Gasteiger partial charge in [-0.3, -0.25) is 9.48 Å². The largest absolute Gasteiger partial charge is 0.342 e. The van der Waals surface area contributed by atoms with Crippen molar-refractivity contribution in [3.05, 3.63) is 46.7 Å². The molecule has 0 N–H and O–H groups in total. The average Bonchev–Trinajstić information content (AvgIpc) is 3.44. The quantitative estimate of drug-likeness (QED) is 0.648. The van der Waals surface area contributed by atoms with E-state index >= 15 is 0 Å². The fourth-order valence-corrected chi connectivity index (χ4v) is 4.19. The van der Waals surface area contributed by atoms with Crippen molar-refractivity contribution in [2.24, 2.45) is 0 Å². The first-order chi connectivity index (χ1) is 13.2. The highest BCUT2D eigenvalue weighted by atomic mass is 32.1. The van der Waals surface area contributed by atoms with E-state index in [-0.39, 0.29) is 5.91 Å². The third-order valence-electron chi connectivity index (χ3n) is 5.06. The van der Waals surface area contributed by atoms with Gasteiger partial charge in [0.25, 0.3) is 0 Å². The summed E-state index contributed by atoms with van der Waals surface area (Å²) in [4.78, 5) is 18.6. The Labute approximate surface area is 161 Å². The smallest absolute Gasteiger partial charge is 0.228 e. The van der Waals surface area contributed by atoms with Gasteiger partial charge in [-0.2, -0.15) is 5.10 Å². The lowest BCUT2D eigenvalue weighted by Crippen LogP contribution is -2.39. The van der Waals surface area contributed by atoms with E-state index < -0.39 is 0 Å². The van der Waals surface area contributed by atoms with Crippen molar-refractivity contribution in [1.29, 1.82) is 0 Å². The van der Waals surface area contributed by atoms with Crippen LogP contribution in [0.15, 0.2) is 29.4 Å². The highest BCUT2D eigenvalue weighted by molar-refractivity contribution is 7.07. The molecule has 0 atom stereocenters. The van der Waals surface area contributed by atoms with Crippen LogP contribution < -0.4 is 0 Å². The normalized spacial score (nSPS) is 15.4. The SMILES string of the molecule is CCn1c(Cn2cccn2)nnc1C1CCN(C(=O)Cc2cscn2)CC1. The third-order valence-corrected chi connectivity index (χ3v) is 5.70. The summed E-state index contributed by atoms with van der Waals surface area (Å²) in [5, 5.41) is 15.1. The fraction of sp³-hybridized carbons (Fsp3) is 0.500. The molecule has 1 aliphatic heterocycles. The second kappa shape index (κ2) is 7.99. The number of rotatable bonds is 6. The number of carbonyl (C=O) groups excluding carboxylic acids is 1. The van der Waals surface area contributed by atoms with Crippen molar-refractivity contribution in [3.8, 4) is 0 Å². The van der Waals surface area contributed by atoms with Gasteiger partial charge in [-0.1, -0.05) is 0 Å². The van der Waals surface area contributed by atoms with Crippen molar-refractivity contribution >= 4 is 17.2 Å². The third kappa shape index (κ3) is 3.92. The van der Waals surface area contributed by atoms with Crippen LogP contribution in [-0.2, 0) is 24.3 Å². The number of aromatic nitrogens is 6. The van der Waals surface area contributed by atoms with Crippen LogP contribution in [0.1, 0.15) is 43.0 Å². The van der Waals surface area contributed by atoms with Gasteiger partial charge in [-0.25, -0.2) is 4.98 Å². The summed E-state index contributed by atoms with van der Waals surface area (Å²) in [5.41, 5.74) is 2.63. The Bertz CT molecular complexity index is 864. The Morgan fingerprint density at radius 2 is 2.15 bits per heavy atom. The second-order valence-electron chi connectivity index (χ2n) is 6.73. The second-order valence-corrected chi connectivity index (χ2v) is 7.45. The minimum absolute atomic E-state index is 0.163. The number of nitrogens with zero attached hydrogens (tertiary/aromatic N) is 7. The van der Waals surface area contributed by atoms with Crippen LogP contribution in [0.2, 0.25) is 0 Å². The molecule has 4 heterocycles. The number of hydrogen-bond acceptors (Lipinski definition) is 6. The molecule has 1 aliphatic rings. The Balaban J connectivity index is 1.39. The van der Waals surface area contributed by atoms with Gasteiger partial charge in [0, 0.05) is 43.3 Å². The van der Waals surface area contributed by atoms with Gasteiger partial charge < -0.3 is 9.47 Å². The molecule has 1 fully saturated rings. The fourth-order valence-electron chi connectivity index (χ4n) is 3.63. The van der Waals surface area contributed by atoms with Crippen LogP contribution in [0, 0.1) is 0 Å². The number of piperidine rings is 1. The van der Waals surface area contributed by atoms with Crippen LogP contribution in [0.3, 0.4) is 0 Å². The molecule has 9 heteroatoms. The first kappa shape index (κ1) is 17.8. The molecule has 1 saturated heterocycles. The summed E-state index contributed by atoms with van der Waals surface area (Å²) < 4.78 is 4.05. The molecule has 0 aromatic carbocycles. The molecule has 3 aromatic heterocycles. The van der Waals surface area contributed by atoms with E-state index in [9.17, 15) is 4.79 Å². The number of carbonyl (C=O) groups is 1. The molecule has 4 rings (SSSR count). The zero-order valence-corrected chi connectivity index (χ0v) is 16.2. The van der Waals surface area contributed by atoms with Crippen LogP contribution in [0.25, 0.3) is 0 Å². The van der Waals surface area contributed by atoms with Gasteiger partial charge in [-0.05, 0) is 25.8 Å². The molecule has 0 bridgehead atoms. The topological polar surface area (TPSA) is 81.7 Å². The average molecular weight is 385 g/mol. The summed E-state index contributed by atoms with van der Waals surface area (Å²) in [6, 6.07) is 1.91. The van der Waals surface area contributed by atoms with Gasteiger partial charge in [0.1, 0.15) is 12.4 Å². The zero-order chi connectivity index (χ0) is 18.6. The molecule has 0 radical (unpaired) electrons. The molecule has 0 unspecified atom stereocenters. The van der Waals surface area contributed by atoms with E-state index in [0.29, 0.717) is 18.9 Å². The summed E-state index contributed by atoms with van der Waals surface area (Å²) in [6.45, 7) is 5.10. The van der Waals surface area contributed by atoms with E-state index in [1.807, 2.05) is 27.2 Å². The van der Waals surface area contributed by atoms with Gasteiger partial charge in [-0.15, -0.1) is 21.5 Å². The lowest BCUT2D eigenvalue weighted by molar-refractivity contribution is -0.131. The maximum Gasteiger partial charge on any atom is 0.228 e. The summed E-state index contributed by atoms with van der Waals surface area (Å²) in [6.07, 6.45) is 5.94. The van der Waals surface area contributed by atoms with E-state index in [0.717, 1.165) is 49.8 Å². The monoisotopic (exact) mass is 385 g/mol. The number of likely N-dealkylation sites (tertiary alicyclic amines) is 1. The van der Waals surface area contributed by atoms with Crippen molar-refractivity contribution in [2.45, 2.75) is 45.2 Å². The van der Waals surface area contributed by atoms with Crippen molar-refractivity contribution in [3.63, 3.8) is 0 Å². The van der Waals surface area contributed by atoms with E-state index in [1.165, 1.54) is 11.3 Å². The maximum atomic E-state index is 12.5. The lowest BCUT2D eigenvalue weighted by atomic mass is 9.95. The maximum absolute atomic E-state index is 12.5. The Morgan fingerprint density at radius 3 is 2.81 bits per heavy atom. The standard InChI is InChI=1S/C18H23N7OS/c1-2-25-16(11-24-7-3-6-20-24)21-22-18(25)14-4-8-23(9-5-14)17(26)10-15-12-27-13-19-15/h3,6-7,12-14H,2,4-5,8-11H2,1H3. The number of amides is 1. The van der Waals surface area contributed by atoms with Gasteiger partial charge in [0.05, 0.1) is 17.6 Å². The number of thiazole rings is 1. The van der Waals surface area contributed by atoms with Crippen LogP contribution in [0.5, 0.6) is 0 Å². The van der Waals surface area contributed by atoms with E-state index in [1.54, 1.807) is 11.7 Å². The van der Waals surface area contributed by atoms with Crippen LogP contribution in [-0.4, -0.2) is 53.4 Å². The molecule has 27 heavy (non-hydrogen) atoms. The first-order valence-electron chi connectivity index (χ1n) is 9.28. The van der Waals surface area contributed by atoms with E-state index in [4.69, 9.17) is 0 Å². The Morgan fingerprint density at radius 1 is 1.30 bits per heavy atom. The molecule has 0 saturated carbocycles. The molecule has 8 nitrogen and oxygen atoms in total. The molecular weight excluding hydrogens is 362 g/mol. The lowest BCUT2D eigenvalue weighted by Gasteiger charge is -2.31. The van der Waals surface area contributed by atoms with Gasteiger partial charge >= 0.3 is 0 Å². The van der Waals surface area contributed by atoms with Crippen LogP contribution >= 0.6 is 11.3 Å². The minimum atomic E-state index is 0.163. The molecule has 1 amide bonds. The molecule has 0 spiro atoms. The van der Waals surface area contributed by atoms with E-state index in [2.05, 4.69) is 31.8 Å².